The van der Waals surface area contributed by atoms with Crippen LogP contribution in [-0.2, 0) is 7.05 Å². The SMILES string of the molecule is CSC1CCC(NC(C)c2c(C)nn(C)c2C)C1. The van der Waals surface area contributed by atoms with Crippen molar-refractivity contribution in [2.24, 2.45) is 7.05 Å². The summed E-state index contributed by atoms with van der Waals surface area (Å²) in [5.41, 5.74) is 3.83. The Morgan fingerprint density at radius 1 is 1.39 bits per heavy atom. The van der Waals surface area contributed by atoms with Crippen LogP contribution in [0.25, 0.3) is 0 Å². The van der Waals surface area contributed by atoms with Gasteiger partial charge in [0.15, 0.2) is 0 Å². The van der Waals surface area contributed by atoms with Gasteiger partial charge in [-0.2, -0.15) is 16.9 Å². The second kappa shape index (κ2) is 5.66. The number of hydrogen-bond acceptors (Lipinski definition) is 3. The summed E-state index contributed by atoms with van der Waals surface area (Å²) in [6, 6.07) is 1.08. The minimum absolute atomic E-state index is 0.407. The summed E-state index contributed by atoms with van der Waals surface area (Å²) < 4.78 is 1.99. The fourth-order valence-electron chi connectivity index (χ4n) is 3.16. The lowest BCUT2D eigenvalue weighted by atomic mass is 10.1. The first-order valence-electron chi connectivity index (χ1n) is 6.81. The molecule has 3 nitrogen and oxygen atoms in total. The van der Waals surface area contributed by atoms with Crippen LogP contribution >= 0.6 is 11.8 Å². The topological polar surface area (TPSA) is 29.9 Å². The highest BCUT2D eigenvalue weighted by atomic mass is 32.2. The first kappa shape index (κ1) is 13.9. The lowest BCUT2D eigenvalue weighted by Crippen LogP contribution is -2.30. The zero-order valence-corrected chi connectivity index (χ0v) is 13.0. The molecule has 1 aliphatic rings. The fraction of sp³-hybridized carbons (Fsp3) is 0.786. The molecule has 1 aliphatic carbocycles. The van der Waals surface area contributed by atoms with Gasteiger partial charge in [-0.15, -0.1) is 0 Å². The molecule has 1 aromatic heterocycles. The highest BCUT2D eigenvalue weighted by molar-refractivity contribution is 7.99. The zero-order valence-electron chi connectivity index (χ0n) is 12.2. The third-order valence-corrected chi connectivity index (χ3v) is 5.30. The van der Waals surface area contributed by atoms with Gasteiger partial charge in [0, 0.05) is 35.6 Å². The molecule has 4 heteroatoms. The molecule has 0 bridgehead atoms. The summed E-state index contributed by atoms with van der Waals surface area (Å²) in [7, 11) is 2.03. The Bertz CT molecular complexity index is 413. The molecule has 1 saturated carbocycles. The van der Waals surface area contributed by atoms with E-state index in [1.165, 1.54) is 30.5 Å². The Balaban J connectivity index is 2.02. The number of aryl methyl sites for hydroxylation is 2. The van der Waals surface area contributed by atoms with Crippen LogP contribution in [0.5, 0.6) is 0 Å². The van der Waals surface area contributed by atoms with Gasteiger partial charge in [-0.05, 0) is 46.3 Å². The second-order valence-electron chi connectivity index (χ2n) is 5.46. The van der Waals surface area contributed by atoms with Crippen LogP contribution in [0.15, 0.2) is 0 Å². The molecule has 0 spiro atoms. The van der Waals surface area contributed by atoms with Crippen molar-refractivity contribution in [3.8, 4) is 0 Å². The average molecular weight is 267 g/mol. The molecule has 0 aromatic carbocycles. The van der Waals surface area contributed by atoms with Crippen LogP contribution in [0, 0.1) is 13.8 Å². The van der Waals surface area contributed by atoms with Crippen LogP contribution in [0.1, 0.15) is 49.2 Å². The maximum absolute atomic E-state index is 4.51. The molecule has 2 rings (SSSR count). The Morgan fingerprint density at radius 3 is 2.61 bits per heavy atom. The molecule has 0 saturated heterocycles. The van der Waals surface area contributed by atoms with Crippen molar-refractivity contribution in [2.75, 3.05) is 6.26 Å². The number of hydrogen-bond donors (Lipinski definition) is 1. The zero-order chi connectivity index (χ0) is 13.3. The van der Waals surface area contributed by atoms with Gasteiger partial charge in [0.05, 0.1) is 5.69 Å². The number of thioether (sulfide) groups is 1. The van der Waals surface area contributed by atoms with E-state index in [4.69, 9.17) is 0 Å². The monoisotopic (exact) mass is 267 g/mol. The van der Waals surface area contributed by atoms with Crippen molar-refractivity contribution in [1.29, 1.82) is 0 Å². The molecule has 1 heterocycles. The van der Waals surface area contributed by atoms with E-state index in [0.717, 1.165) is 10.9 Å². The quantitative estimate of drug-likeness (QED) is 0.909. The normalized spacial score (nSPS) is 25.6. The number of nitrogens with one attached hydrogen (secondary N) is 1. The molecule has 102 valence electrons. The van der Waals surface area contributed by atoms with Crippen molar-refractivity contribution < 1.29 is 0 Å². The maximum atomic E-state index is 4.51. The predicted octanol–water partition coefficient (Wildman–Crippen LogP) is 2.97. The number of rotatable bonds is 4. The Morgan fingerprint density at radius 2 is 2.11 bits per heavy atom. The van der Waals surface area contributed by atoms with Crippen LogP contribution in [-0.4, -0.2) is 27.3 Å². The summed E-state index contributed by atoms with van der Waals surface area (Å²) in [5, 5.41) is 9.15. The minimum atomic E-state index is 0.407. The van der Waals surface area contributed by atoms with E-state index in [1.807, 2.05) is 23.5 Å². The van der Waals surface area contributed by atoms with Gasteiger partial charge in [0.1, 0.15) is 0 Å². The van der Waals surface area contributed by atoms with E-state index in [-0.39, 0.29) is 0 Å². The minimum Gasteiger partial charge on any atom is -0.307 e. The van der Waals surface area contributed by atoms with Gasteiger partial charge in [0.25, 0.3) is 0 Å². The molecule has 0 radical (unpaired) electrons. The van der Waals surface area contributed by atoms with Crippen LogP contribution in [0.3, 0.4) is 0 Å². The third-order valence-electron chi connectivity index (χ3n) is 4.20. The Hall–Kier alpha value is -0.480. The molecular weight excluding hydrogens is 242 g/mol. The van der Waals surface area contributed by atoms with E-state index in [0.29, 0.717) is 12.1 Å². The third kappa shape index (κ3) is 2.75. The van der Waals surface area contributed by atoms with Crippen molar-refractivity contribution in [2.45, 2.75) is 57.4 Å². The first-order valence-corrected chi connectivity index (χ1v) is 8.10. The molecule has 0 amide bonds. The van der Waals surface area contributed by atoms with Gasteiger partial charge in [-0.1, -0.05) is 0 Å². The molecule has 18 heavy (non-hydrogen) atoms. The molecule has 1 aromatic rings. The predicted molar refractivity (Wildman–Crippen MR) is 79.2 cm³/mol. The van der Waals surface area contributed by atoms with E-state index < -0.39 is 0 Å². The van der Waals surface area contributed by atoms with Crippen molar-refractivity contribution in [3.05, 3.63) is 17.0 Å². The van der Waals surface area contributed by atoms with E-state index in [2.05, 4.69) is 37.4 Å². The molecular formula is C14H25N3S. The van der Waals surface area contributed by atoms with Gasteiger partial charge < -0.3 is 5.32 Å². The molecule has 1 N–H and O–H groups in total. The maximum Gasteiger partial charge on any atom is 0.0644 e. The van der Waals surface area contributed by atoms with Gasteiger partial charge in [-0.3, -0.25) is 4.68 Å². The van der Waals surface area contributed by atoms with E-state index in [9.17, 15) is 0 Å². The standard InChI is InChI=1S/C14H25N3S/c1-9(14-10(2)16-17(4)11(14)3)15-12-6-7-13(8-12)18-5/h9,12-13,15H,6-8H2,1-5H3. The largest absolute Gasteiger partial charge is 0.307 e. The average Bonchev–Trinajstić information content (AvgIpc) is 2.85. The molecule has 3 unspecified atom stereocenters. The van der Waals surface area contributed by atoms with E-state index in [1.54, 1.807) is 0 Å². The molecule has 0 aliphatic heterocycles. The van der Waals surface area contributed by atoms with Gasteiger partial charge >= 0.3 is 0 Å². The van der Waals surface area contributed by atoms with Crippen molar-refractivity contribution in [3.63, 3.8) is 0 Å². The summed E-state index contributed by atoms with van der Waals surface area (Å²) in [6.45, 7) is 6.54. The highest BCUT2D eigenvalue weighted by Crippen LogP contribution is 2.30. The second-order valence-corrected chi connectivity index (χ2v) is 6.60. The van der Waals surface area contributed by atoms with E-state index >= 15 is 0 Å². The lowest BCUT2D eigenvalue weighted by Gasteiger charge is -2.20. The Kier molecular flexibility index (Phi) is 4.38. The van der Waals surface area contributed by atoms with Crippen molar-refractivity contribution >= 4 is 11.8 Å². The van der Waals surface area contributed by atoms with Crippen LogP contribution < -0.4 is 5.32 Å². The summed E-state index contributed by atoms with van der Waals surface area (Å²) in [4.78, 5) is 0. The first-order chi connectivity index (χ1) is 8.52. The highest BCUT2D eigenvalue weighted by Gasteiger charge is 2.26. The smallest absolute Gasteiger partial charge is 0.0644 e. The summed E-state index contributed by atoms with van der Waals surface area (Å²) >= 11 is 2.01. The summed E-state index contributed by atoms with van der Waals surface area (Å²) in [6.07, 6.45) is 6.21. The molecule has 3 atom stereocenters. The summed E-state index contributed by atoms with van der Waals surface area (Å²) in [5.74, 6) is 0. The van der Waals surface area contributed by atoms with Crippen LogP contribution in [0.2, 0.25) is 0 Å². The number of nitrogens with zero attached hydrogens (tertiary/aromatic N) is 2. The van der Waals surface area contributed by atoms with Gasteiger partial charge in [-0.25, -0.2) is 0 Å². The Labute approximate surface area is 115 Å². The fourth-order valence-corrected chi connectivity index (χ4v) is 3.96. The van der Waals surface area contributed by atoms with Crippen molar-refractivity contribution in [1.82, 2.24) is 15.1 Å². The van der Waals surface area contributed by atoms with Crippen LogP contribution in [0.4, 0.5) is 0 Å². The number of aromatic nitrogens is 2. The van der Waals surface area contributed by atoms with Gasteiger partial charge in [0.2, 0.25) is 0 Å². The molecule has 1 fully saturated rings. The lowest BCUT2D eigenvalue weighted by molar-refractivity contribution is 0.459.